The molecule has 0 fully saturated rings. The van der Waals surface area contributed by atoms with Crippen molar-refractivity contribution in [1.29, 1.82) is 0 Å². The molecule has 0 amide bonds. The highest BCUT2D eigenvalue weighted by atomic mass is 32.2. The van der Waals surface area contributed by atoms with Gasteiger partial charge in [-0.3, -0.25) is 4.68 Å². The molecular formula is C12H15N5O2S2. The van der Waals surface area contributed by atoms with Crippen LogP contribution in [0.1, 0.15) is 17.0 Å². The lowest BCUT2D eigenvalue weighted by Gasteiger charge is -2.10. The second-order valence-electron chi connectivity index (χ2n) is 4.50. The molecule has 0 aliphatic heterocycles. The summed E-state index contributed by atoms with van der Waals surface area (Å²) in [4.78, 5) is 4.26. The van der Waals surface area contributed by atoms with Crippen LogP contribution in [0.15, 0.2) is 29.4 Å². The number of rotatable bonds is 5. The van der Waals surface area contributed by atoms with Crippen LogP contribution in [-0.4, -0.2) is 28.2 Å². The maximum Gasteiger partial charge on any atom is 0.241 e. The summed E-state index contributed by atoms with van der Waals surface area (Å²) >= 11 is 4.87. The quantitative estimate of drug-likeness (QED) is 0.763. The Morgan fingerprint density at radius 1 is 1.48 bits per heavy atom. The fourth-order valence-corrected chi connectivity index (χ4v) is 3.12. The molecule has 0 unspecified atom stereocenters. The van der Waals surface area contributed by atoms with Crippen molar-refractivity contribution >= 4 is 27.2 Å². The van der Waals surface area contributed by atoms with E-state index in [9.17, 15) is 8.42 Å². The van der Waals surface area contributed by atoms with Gasteiger partial charge < -0.3 is 5.73 Å². The summed E-state index contributed by atoms with van der Waals surface area (Å²) in [5.74, 6) is 0.393. The fraction of sp³-hybridized carbons (Fsp3) is 0.250. The number of thiocarbonyl (C=S) groups is 1. The summed E-state index contributed by atoms with van der Waals surface area (Å²) in [6, 6.07) is 4.82. The van der Waals surface area contributed by atoms with E-state index in [4.69, 9.17) is 18.0 Å². The van der Waals surface area contributed by atoms with Crippen molar-refractivity contribution in [2.24, 2.45) is 12.8 Å². The van der Waals surface area contributed by atoms with Crippen LogP contribution >= 0.6 is 12.2 Å². The van der Waals surface area contributed by atoms with Gasteiger partial charge in [-0.25, -0.2) is 18.1 Å². The molecule has 1 aromatic heterocycles. The van der Waals surface area contributed by atoms with E-state index < -0.39 is 10.0 Å². The van der Waals surface area contributed by atoms with Crippen molar-refractivity contribution in [2.75, 3.05) is 0 Å². The smallest absolute Gasteiger partial charge is 0.241 e. The number of nitrogens with zero attached hydrogens (tertiary/aromatic N) is 3. The van der Waals surface area contributed by atoms with Crippen LogP contribution in [0.4, 0.5) is 0 Å². The second-order valence-corrected chi connectivity index (χ2v) is 6.68. The topological polar surface area (TPSA) is 103 Å². The average molecular weight is 325 g/mol. The summed E-state index contributed by atoms with van der Waals surface area (Å²) in [6.45, 7) is 1.72. The highest BCUT2D eigenvalue weighted by Gasteiger charge is 2.18. The Morgan fingerprint density at radius 3 is 2.76 bits per heavy atom. The first-order chi connectivity index (χ1) is 9.79. The first-order valence-corrected chi connectivity index (χ1v) is 7.93. The summed E-state index contributed by atoms with van der Waals surface area (Å²) in [6.07, 6.45) is 1.50. The molecule has 1 heterocycles. The van der Waals surface area contributed by atoms with Gasteiger partial charge in [0.05, 0.1) is 11.4 Å². The van der Waals surface area contributed by atoms with Gasteiger partial charge in [-0.1, -0.05) is 24.4 Å². The van der Waals surface area contributed by atoms with Gasteiger partial charge >= 0.3 is 0 Å². The molecule has 0 saturated heterocycles. The predicted octanol–water partition coefficient (Wildman–Crippen LogP) is 0.236. The van der Waals surface area contributed by atoms with Crippen molar-refractivity contribution in [2.45, 2.75) is 18.4 Å². The van der Waals surface area contributed by atoms with E-state index in [0.717, 1.165) is 0 Å². The zero-order valence-electron chi connectivity index (χ0n) is 11.6. The Hall–Kier alpha value is -1.84. The third kappa shape index (κ3) is 3.63. The minimum atomic E-state index is -3.69. The van der Waals surface area contributed by atoms with E-state index in [1.54, 1.807) is 26.1 Å². The lowest BCUT2D eigenvalue weighted by molar-refractivity contribution is 0.578. The molecule has 2 aromatic rings. The van der Waals surface area contributed by atoms with Crippen molar-refractivity contribution < 1.29 is 8.42 Å². The number of aryl methyl sites for hydroxylation is 2. The predicted molar refractivity (Wildman–Crippen MR) is 82.1 cm³/mol. The Labute approximate surface area is 128 Å². The van der Waals surface area contributed by atoms with Crippen LogP contribution in [0.5, 0.6) is 0 Å². The van der Waals surface area contributed by atoms with Crippen LogP contribution in [0, 0.1) is 6.92 Å². The van der Waals surface area contributed by atoms with E-state index in [1.807, 2.05) is 0 Å². The van der Waals surface area contributed by atoms with Crippen LogP contribution < -0.4 is 10.5 Å². The van der Waals surface area contributed by atoms with Crippen LogP contribution in [0.25, 0.3) is 0 Å². The van der Waals surface area contributed by atoms with Gasteiger partial charge in [0.2, 0.25) is 10.0 Å². The highest BCUT2D eigenvalue weighted by Crippen LogP contribution is 2.17. The van der Waals surface area contributed by atoms with Gasteiger partial charge in [0.25, 0.3) is 0 Å². The first-order valence-electron chi connectivity index (χ1n) is 6.04. The molecule has 0 atom stereocenters. The Bertz CT molecular complexity index is 783. The Morgan fingerprint density at radius 2 is 2.19 bits per heavy atom. The lowest BCUT2D eigenvalue weighted by Crippen LogP contribution is -2.25. The molecule has 7 nitrogen and oxygen atoms in total. The average Bonchev–Trinajstić information content (AvgIpc) is 2.82. The van der Waals surface area contributed by atoms with Crippen molar-refractivity contribution in [3.05, 3.63) is 41.5 Å². The third-order valence-corrected chi connectivity index (χ3v) is 4.61. The first kappa shape index (κ1) is 15.5. The highest BCUT2D eigenvalue weighted by molar-refractivity contribution is 7.89. The molecule has 2 rings (SSSR count). The maximum absolute atomic E-state index is 12.4. The van der Waals surface area contributed by atoms with E-state index in [0.29, 0.717) is 17.0 Å². The zero-order valence-corrected chi connectivity index (χ0v) is 13.2. The molecule has 0 aliphatic carbocycles. The lowest BCUT2D eigenvalue weighted by atomic mass is 10.1. The van der Waals surface area contributed by atoms with Gasteiger partial charge in [0.1, 0.15) is 11.3 Å². The molecular weight excluding hydrogens is 310 g/mol. The van der Waals surface area contributed by atoms with Crippen LogP contribution in [0.3, 0.4) is 0 Å². The third-order valence-electron chi connectivity index (χ3n) is 2.83. The van der Waals surface area contributed by atoms with E-state index in [1.165, 1.54) is 17.1 Å². The monoisotopic (exact) mass is 325 g/mol. The molecule has 9 heteroatoms. The minimum absolute atomic E-state index is 0.0138. The number of benzene rings is 1. The van der Waals surface area contributed by atoms with Crippen molar-refractivity contribution in [3.8, 4) is 0 Å². The molecule has 3 N–H and O–H groups in total. The summed E-state index contributed by atoms with van der Waals surface area (Å²) < 4.78 is 28.7. The Kier molecular flexibility index (Phi) is 4.35. The summed E-state index contributed by atoms with van der Waals surface area (Å²) in [5.41, 5.74) is 6.65. The van der Waals surface area contributed by atoms with Gasteiger partial charge in [-0.05, 0) is 18.6 Å². The molecule has 0 saturated carbocycles. The maximum atomic E-state index is 12.4. The van der Waals surface area contributed by atoms with E-state index in [-0.39, 0.29) is 16.4 Å². The van der Waals surface area contributed by atoms with Gasteiger partial charge in [-0.2, -0.15) is 5.10 Å². The number of hydrogen-bond acceptors (Lipinski definition) is 5. The van der Waals surface area contributed by atoms with E-state index >= 15 is 0 Å². The molecule has 21 heavy (non-hydrogen) atoms. The number of hydrogen-bond donors (Lipinski definition) is 2. The SMILES string of the molecule is Cc1ccc(C(N)=S)cc1S(=O)(=O)NCc1ncn(C)n1. The van der Waals surface area contributed by atoms with Gasteiger partial charge in [-0.15, -0.1) is 0 Å². The largest absolute Gasteiger partial charge is 0.389 e. The summed E-state index contributed by atoms with van der Waals surface area (Å²) in [7, 11) is -1.98. The van der Waals surface area contributed by atoms with Crippen molar-refractivity contribution in [3.63, 3.8) is 0 Å². The normalized spacial score (nSPS) is 11.5. The molecule has 0 aliphatic rings. The van der Waals surface area contributed by atoms with Gasteiger partial charge in [0.15, 0.2) is 5.82 Å². The Balaban J connectivity index is 2.26. The zero-order chi connectivity index (χ0) is 15.6. The molecule has 0 bridgehead atoms. The van der Waals surface area contributed by atoms with Crippen LogP contribution in [0.2, 0.25) is 0 Å². The minimum Gasteiger partial charge on any atom is -0.389 e. The number of nitrogens with two attached hydrogens (primary N) is 1. The molecule has 112 valence electrons. The van der Waals surface area contributed by atoms with E-state index in [2.05, 4.69) is 14.8 Å². The van der Waals surface area contributed by atoms with Crippen molar-refractivity contribution in [1.82, 2.24) is 19.5 Å². The number of nitrogens with one attached hydrogen (secondary N) is 1. The number of aromatic nitrogens is 3. The summed E-state index contributed by atoms with van der Waals surface area (Å²) in [5, 5.41) is 4.01. The number of sulfonamides is 1. The molecule has 1 aromatic carbocycles. The van der Waals surface area contributed by atoms with Crippen LogP contribution in [-0.2, 0) is 23.6 Å². The van der Waals surface area contributed by atoms with Gasteiger partial charge in [0, 0.05) is 12.6 Å². The molecule has 0 spiro atoms. The fourth-order valence-electron chi connectivity index (χ4n) is 1.75. The standard InChI is InChI=1S/C12H15N5O2S2/c1-8-3-4-9(12(13)20)5-10(8)21(18,19)15-6-11-14-7-17(2)16-11/h3-5,7,15H,6H2,1-2H3,(H2,13,20). The second kappa shape index (κ2) is 5.88. The molecule has 0 radical (unpaired) electrons.